The summed E-state index contributed by atoms with van der Waals surface area (Å²) in [5.74, 6) is 1.77. The van der Waals surface area contributed by atoms with Crippen molar-refractivity contribution >= 4 is 5.91 Å². The van der Waals surface area contributed by atoms with E-state index in [1.54, 1.807) is 36.3 Å². The molecule has 4 rings (SSSR count). The predicted molar refractivity (Wildman–Crippen MR) is 108 cm³/mol. The monoisotopic (exact) mass is 427 g/mol. The van der Waals surface area contributed by atoms with Crippen molar-refractivity contribution in [3.05, 3.63) is 59.7 Å². The SMILES string of the molecule is COCCN(CCc1nc(-c2ccc3c(c2)OCO3)no1)C(=O)Cc1ccc(F)cc1. The molecule has 0 fully saturated rings. The molecule has 8 nitrogen and oxygen atoms in total. The second kappa shape index (κ2) is 9.57. The maximum absolute atomic E-state index is 13.1. The van der Waals surface area contributed by atoms with Crippen molar-refractivity contribution in [1.29, 1.82) is 0 Å². The molecule has 0 spiro atoms. The molecule has 0 radical (unpaired) electrons. The van der Waals surface area contributed by atoms with Gasteiger partial charge in [0.05, 0.1) is 13.0 Å². The number of carbonyl (C=O) groups is 1. The second-order valence-electron chi connectivity index (χ2n) is 7.01. The summed E-state index contributed by atoms with van der Waals surface area (Å²) < 4.78 is 34.3. The number of rotatable bonds is 9. The first-order valence-electron chi connectivity index (χ1n) is 9.86. The molecule has 2 heterocycles. The highest BCUT2D eigenvalue weighted by Gasteiger charge is 2.18. The van der Waals surface area contributed by atoms with E-state index < -0.39 is 0 Å². The summed E-state index contributed by atoms with van der Waals surface area (Å²) in [5, 5.41) is 4.03. The van der Waals surface area contributed by atoms with Crippen LogP contribution in [0.4, 0.5) is 4.39 Å². The van der Waals surface area contributed by atoms with Crippen molar-refractivity contribution in [2.24, 2.45) is 0 Å². The normalized spacial score (nSPS) is 12.2. The molecule has 0 N–H and O–H groups in total. The smallest absolute Gasteiger partial charge is 0.231 e. The van der Waals surface area contributed by atoms with Gasteiger partial charge in [0, 0.05) is 32.2 Å². The quantitative estimate of drug-likeness (QED) is 0.519. The molecule has 1 aliphatic rings. The Kier molecular flexibility index (Phi) is 6.42. The van der Waals surface area contributed by atoms with Crippen LogP contribution in [0.25, 0.3) is 11.4 Å². The number of fused-ring (bicyclic) bond motifs is 1. The van der Waals surface area contributed by atoms with E-state index in [1.807, 2.05) is 6.07 Å². The molecule has 9 heteroatoms. The van der Waals surface area contributed by atoms with E-state index in [0.29, 0.717) is 49.3 Å². The molecule has 31 heavy (non-hydrogen) atoms. The van der Waals surface area contributed by atoms with Gasteiger partial charge in [0.15, 0.2) is 11.5 Å². The fourth-order valence-corrected chi connectivity index (χ4v) is 3.19. The van der Waals surface area contributed by atoms with Gasteiger partial charge in [-0.3, -0.25) is 4.79 Å². The van der Waals surface area contributed by atoms with Crippen molar-refractivity contribution in [1.82, 2.24) is 15.0 Å². The molecule has 1 aliphatic heterocycles. The third kappa shape index (κ3) is 5.18. The van der Waals surface area contributed by atoms with Crippen molar-refractivity contribution < 1.29 is 27.9 Å². The number of methoxy groups -OCH3 is 1. The van der Waals surface area contributed by atoms with Crippen LogP contribution in [0.2, 0.25) is 0 Å². The molecule has 0 bridgehead atoms. The number of aromatic nitrogens is 2. The number of ether oxygens (including phenoxy) is 3. The Balaban J connectivity index is 1.39. The Hall–Kier alpha value is -3.46. The Bertz CT molecular complexity index is 1040. The minimum Gasteiger partial charge on any atom is -0.454 e. The lowest BCUT2D eigenvalue weighted by Crippen LogP contribution is -2.36. The molecular weight excluding hydrogens is 405 g/mol. The summed E-state index contributed by atoms with van der Waals surface area (Å²) in [5.41, 5.74) is 1.50. The van der Waals surface area contributed by atoms with Crippen LogP contribution in [0.15, 0.2) is 47.0 Å². The molecule has 0 saturated heterocycles. The van der Waals surface area contributed by atoms with Gasteiger partial charge < -0.3 is 23.6 Å². The number of nitrogens with zero attached hydrogens (tertiary/aromatic N) is 3. The topological polar surface area (TPSA) is 86.9 Å². The van der Waals surface area contributed by atoms with Gasteiger partial charge >= 0.3 is 0 Å². The van der Waals surface area contributed by atoms with Crippen LogP contribution in [0, 0.1) is 5.82 Å². The average Bonchev–Trinajstić information content (AvgIpc) is 3.44. The third-order valence-corrected chi connectivity index (χ3v) is 4.88. The minimum atomic E-state index is -0.331. The summed E-state index contributed by atoms with van der Waals surface area (Å²) in [6.07, 6.45) is 0.576. The Morgan fingerprint density at radius 2 is 1.94 bits per heavy atom. The van der Waals surface area contributed by atoms with E-state index in [4.69, 9.17) is 18.7 Å². The summed E-state index contributed by atoms with van der Waals surface area (Å²) >= 11 is 0. The number of amides is 1. The Morgan fingerprint density at radius 1 is 1.13 bits per heavy atom. The van der Waals surface area contributed by atoms with Crippen LogP contribution in [0.1, 0.15) is 11.5 Å². The largest absolute Gasteiger partial charge is 0.454 e. The molecule has 0 aliphatic carbocycles. The fourth-order valence-electron chi connectivity index (χ4n) is 3.19. The van der Waals surface area contributed by atoms with Crippen LogP contribution in [-0.2, 0) is 22.4 Å². The van der Waals surface area contributed by atoms with Crippen LogP contribution in [0.5, 0.6) is 11.5 Å². The zero-order valence-corrected chi connectivity index (χ0v) is 17.0. The number of hydrogen-bond donors (Lipinski definition) is 0. The summed E-state index contributed by atoms with van der Waals surface area (Å²) in [4.78, 5) is 18.8. The van der Waals surface area contributed by atoms with Gasteiger partial charge in [-0.15, -0.1) is 0 Å². The lowest BCUT2D eigenvalue weighted by atomic mass is 10.1. The first-order valence-corrected chi connectivity index (χ1v) is 9.86. The highest BCUT2D eigenvalue weighted by atomic mass is 19.1. The number of carbonyl (C=O) groups excluding carboxylic acids is 1. The Morgan fingerprint density at radius 3 is 2.74 bits per heavy atom. The van der Waals surface area contributed by atoms with E-state index in [-0.39, 0.29) is 24.9 Å². The van der Waals surface area contributed by atoms with E-state index >= 15 is 0 Å². The van der Waals surface area contributed by atoms with E-state index in [1.165, 1.54) is 12.1 Å². The number of benzene rings is 2. The van der Waals surface area contributed by atoms with Gasteiger partial charge in [0.2, 0.25) is 24.4 Å². The standard InChI is InChI=1S/C22H22FN3O5/c1-28-11-10-26(21(27)12-15-2-5-17(23)6-3-15)9-8-20-24-22(25-31-20)16-4-7-18-19(13-16)30-14-29-18/h2-7,13H,8-12,14H2,1H3. The van der Waals surface area contributed by atoms with Gasteiger partial charge in [0.1, 0.15) is 5.82 Å². The number of halogens is 1. The van der Waals surface area contributed by atoms with Crippen molar-refractivity contribution in [2.45, 2.75) is 12.8 Å². The molecule has 1 aromatic heterocycles. The van der Waals surface area contributed by atoms with Gasteiger partial charge in [0.25, 0.3) is 0 Å². The van der Waals surface area contributed by atoms with Crippen molar-refractivity contribution in [3.8, 4) is 22.9 Å². The molecular formula is C22H22FN3O5. The van der Waals surface area contributed by atoms with Crippen molar-refractivity contribution in [2.75, 3.05) is 33.6 Å². The first kappa shape index (κ1) is 20.8. The molecule has 3 aromatic rings. The summed E-state index contributed by atoms with van der Waals surface area (Å²) in [6, 6.07) is 11.3. The predicted octanol–water partition coefficient (Wildman–Crippen LogP) is 2.86. The first-order chi connectivity index (χ1) is 15.1. The zero-order valence-electron chi connectivity index (χ0n) is 17.0. The highest BCUT2D eigenvalue weighted by molar-refractivity contribution is 5.78. The maximum Gasteiger partial charge on any atom is 0.231 e. The second-order valence-corrected chi connectivity index (χ2v) is 7.01. The lowest BCUT2D eigenvalue weighted by molar-refractivity contribution is -0.131. The zero-order chi connectivity index (χ0) is 21.6. The van der Waals surface area contributed by atoms with E-state index in [2.05, 4.69) is 10.1 Å². The van der Waals surface area contributed by atoms with Gasteiger partial charge in [-0.05, 0) is 35.9 Å². The fraction of sp³-hybridized carbons (Fsp3) is 0.318. The maximum atomic E-state index is 13.1. The summed E-state index contributed by atoms with van der Waals surface area (Å²) in [7, 11) is 1.58. The highest BCUT2D eigenvalue weighted by Crippen LogP contribution is 2.35. The van der Waals surface area contributed by atoms with Crippen LogP contribution in [-0.4, -0.2) is 54.5 Å². The minimum absolute atomic E-state index is 0.0841. The summed E-state index contributed by atoms with van der Waals surface area (Å²) in [6.45, 7) is 1.42. The molecule has 0 atom stereocenters. The average molecular weight is 427 g/mol. The molecule has 162 valence electrons. The van der Waals surface area contributed by atoms with Crippen LogP contribution < -0.4 is 9.47 Å². The van der Waals surface area contributed by atoms with Crippen LogP contribution >= 0.6 is 0 Å². The van der Waals surface area contributed by atoms with Gasteiger partial charge in [-0.1, -0.05) is 17.3 Å². The van der Waals surface area contributed by atoms with Gasteiger partial charge in [-0.2, -0.15) is 4.98 Å². The Labute approximate surface area is 178 Å². The van der Waals surface area contributed by atoms with Crippen LogP contribution in [0.3, 0.4) is 0 Å². The number of hydrogen-bond acceptors (Lipinski definition) is 7. The molecule has 1 amide bonds. The molecule has 0 unspecified atom stereocenters. The van der Waals surface area contributed by atoms with E-state index in [9.17, 15) is 9.18 Å². The lowest BCUT2D eigenvalue weighted by Gasteiger charge is -2.21. The molecule has 0 saturated carbocycles. The van der Waals surface area contributed by atoms with E-state index in [0.717, 1.165) is 11.1 Å². The third-order valence-electron chi connectivity index (χ3n) is 4.88. The van der Waals surface area contributed by atoms with Gasteiger partial charge in [-0.25, -0.2) is 4.39 Å². The molecule has 2 aromatic carbocycles. The van der Waals surface area contributed by atoms with Crippen molar-refractivity contribution in [3.63, 3.8) is 0 Å².